The van der Waals surface area contributed by atoms with Crippen LogP contribution >= 0.6 is 0 Å². The third kappa shape index (κ3) is 3.33. The average molecular weight is 310 g/mol. The molecule has 5 nitrogen and oxygen atoms in total. The molecule has 1 aliphatic rings. The van der Waals surface area contributed by atoms with Gasteiger partial charge >= 0.3 is 0 Å². The number of nitrogens with two attached hydrogens (primary N) is 1. The van der Waals surface area contributed by atoms with Gasteiger partial charge in [-0.3, -0.25) is 4.79 Å². The van der Waals surface area contributed by atoms with Crippen molar-refractivity contribution in [3.8, 4) is 11.3 Å². The Bertz CT molecular complexity index is 721. The average Bonchev–Trinajstić information content (AvgIpc) is 2.57. The van der Waals surface area contributed by atoms with E-state index in [9.17, 15) is 4.79 Å². The highest BCUT2D eigenvalue weighted by molar-refractivity contribution is 5.77. The third-order valence-electron chi connectivity index (χ3n) is 4.68. The van der Waals surface area contributed by atoms with Gasteiger partial charge in [0.2, 0.25) is 5.91 Å². The fourth-order valence-corrected chi connectivity index (χ4v) is 2.97. The molecule has 0 saturated carbocycles. The topological polar surface area (TPSA) is 72.1 Å². The highest BCUT2D eigenvalue weighted by atomic mass is 16.1. The molecule has 0 unspecified atom stereocenters. The van der Waals surface area contributed by atoms with Crippen LogP contribution in [-0.4, -0.2) is 29.0 Å². The first-order chi connectivity index (χ1) is 11.0. The molecule has 1 aromatic heterocycles. The standard InChI is InChI=1S/C18H22N4O/c1-12-3-4-15(9-13(12)2)16-10-17(21-11-20-16)22-7-5-14(6-8-22)18(19)23/h3-4,9-11,14H,5-8H2,1-2H3,(H2,19,23). The van der Waals surface area contributed by atoms with Gasteiger partial charge in [0, 0.05) is 30.6 Å². The molecular formula is C18H22N4O. The molecule has 2 heterocycles. The van der Waals surface area contributed by atoms with E-state index in [1.54, 1.807) is 6.33 Å². The minimum Gasteiger partial charge on any atom is -0.369 e. The summed E-state index contributed by atoms with van der Waals surface area (Å²) in [5.41, 5.74) is 9.95. The van der Waals surface area contributed by atoms with Crippen LogP contribution in [0.25, 0.3) is 11.3 Å². The van der Waals surface area contributed by atoms with E-state index in [1.165, 1.54) is 11.1 Å². The van der Waals surface area contributed by atoms with Gasteiger partial charge in [0.1, 0.15) is 12.1 Å². The van der Waals surface area contributed by atoms with Gasteiger partial charge in [-0.1, -0.05) is 12.1 Å². The number of primary amides is 1. The third-order valence-corrected chi connectivity index (χ3v) is 4.68. The molecule has 0 bridgehead atoms. The number of amides is 1. The van der Waals surface area contributed by atoms with Gasteiger partial charge in [-0.25, -0.2) is 9.97 Å². The molecule has 1 fully saturated rings. The summed E-state index contributed by atoms with van der Waals surface area (Å²) in [5, 5.41) is 0. The molecule has 3 rings (SSSR count). The Morgan fingerprint density at radius 2 is 1.87 bits per heavy atom. The van der Waals surface area contributed by atoms with Crippen LogP contribution in [0.3, 0.4) is 0 Å². The molecule has 120 valence electrons. The summed E-state index contributed by atoms with van der Waals surface area (Å²) in [6.07, 6.45) is 3.19. The summed E-state index contributed by atoms with van der Waals surface area (Å²) in [6, 6.07) is 8.38. The Labute approximate surface area is 136 Å². The summed E-state index contributed by atoms with van der Waals surface area (Å²) in [5.74, 6) is 0.714. The number of nitrogens with zero attached hydrogens (tertiary/aromatic N) is 3. The van der Waals surface area contributed by atoms with Gasteiger partial charge in [-0.05, 0) is 43.9 Å². The Morgan fingerprint density at radius 3 is 2.52 bits per heavy atom. The van der Waals surface area contributed by atoms with E-state index >= 15 is 0 Å². The molecule has 0 aliphatic carbocycles. The number of hydrogen-bond donors (Lipinski definition) is 1. The van der Waals surface area contributed by atoms with E-state index in [0.717, 1.165) is 43.0 Å². The van der Waals surface area contributed by atoms with Gasteiger partial charge in [0.25, 0.3) is 0 Å². The van der Waals surface area contributed by atoms with E-state index in [0.29, 0.717) is 0 Å². The van der Waals surface area contributed by atoms with Crippen LogP contribution < -0.4 is 10.6 Å². The van der Waals surface area contributed by atoms with Crippen LogP contribution in [0.5, 0.6) is 0 Å². The SMILES string of the molecule is Cc1ccc(-c2cc(N3CCC(C(N)=O)CC3)ncn2)cc1C. The molecule has 1 aromatic carbocycles. The van der Waals surface area contributed by atoms with Crippen molar-refractivity contribution in [2.75, 3.05) is 18.0 Å². The first-order valence-corrected chi connectivity index (χ1v) is 7.98. The molecule has 0 spiro atoms. The number of anilines is 1. The summed E-state index contributed by atoms with van der Waals surface area (Å²) in [7, 11) is 0. The predicted octanol–water partition coefficient (Wildman–Crippen LogP) is 2.46. The minimum atomic E-state index is -0.192. The lowest BCUT2D eigenvalue weighted by Gasteiger charge is -2.31. The van der Waals surface area contributed by atoms with Crippen molar-refractivity contribution < 1.29 is 4.79 Å². The highest BCUT2D eigenvalue weighted by Gasteiger charge is 2.24. The quantitative estimate of drug-likeness (QED) is 0.945. The largest absolute Gasteiger partial charge is 0.369 e. The van der Waals surface area contributed by atoms with Crippen LogP contribution in [0.2, 0.25) is 0 Å². The monoisotopic (exact) mass is 310 g/mol. The number of piperidine rings is 1. The van der Waals surface area contributed by atoms with Gasteiger partial charge in [-0.15, -0.1) is 0 Å². The van der Waals surface area contributed by atoms with Crippen LogP contribution in [0.1, 0.15) is 24.0 Å². The van der Waals surface area contributed by atoms with Crippen LogP contribution in [0.15, 0.2) is 30.6 Å². The first-order valence-electron chi connectivity index (χ1n) is 7.98. The minimum absolute atomic E-state index is 0.00712. The number of aromatic nitrogens is 2. The maximum atomic E-state index is 11.3. The van der Waals surface area contributed by atoms with Crippen molar-refractivity contribution in [2.45, 2.75) is 26.7 Å². The van der Waals surface area contributed by atoms with Gasteiger partial charge in [0.15, 0.2) is 0 Å². The van der Waals surface area contributed by atoms with Crippen LogP contribution in [0, 0.1) is 19.8 Å². The highest BCUT2D eigenvalue weighted by Crippen LogP contribution is 2.26. The lowest BCUT2D eigenvalue weighted by molar-refractivity contribution is -0.122. The fraction of sp³-hybridized carbons (Fsp3) is 0.389. The number of aryl methyl sites for hydroxylation is 2. The maximum Gasteiger partial charge on any atom is 0.220 e. The van der Waals surface area contributed by atoms with E-state index in [-0.39, 0.29) is 11.8 Å². The molecule has 0 radical (unpaired) electrons. The zero-order valence-electron chi connectivity index (χ0n) is 13.6. The van der Waals surface area contributed by atoms with Crippen molar-refractivity contribution in [3.05, 3.63) is 41.7 Å². The van der Waals surface area contributed by atoms with Gasteiger partial charge in [-0.2, -0.15) is 0 Å². The lowest BCUT2D eigenvalue weighted by Crippen LogP contribution is -2.38. The van der Waals surface area contributed by atoms with Crippen LogP contribution in [-0.2, 0) is 4.79 Å². The summed E-state index contributed by atoms with van der Waals surface area (Å²) < 4.78 is 0. The van der Waals surface area contributed by atoms with Gasteiger partial charge in [0.05, 0.1) is 5.69 Å². The zero-order valence-corrected chi connectivity index (χ0v) is 13.6. The second-order valence-electron chi connectivity index (χ2n) is 6.22. The van der Waals surface area contributed by atoms with E-state index in [4.69, 9.17) is 5.73 Å². The number of carbonyl (C=O) groups is 1. The van der Waals surface area contributed by atoms with Crippen molar-refractivity contribution >= 4 is 11.7 Å². The first kappa shape index (κ1) is 15.5. The molecule has 1 aliphatic heterocycles. The molecule has 0 atom stereocenters. The normalized spacial score (nSPS) is 15.7. The molecular weight excluding hydrogens is 288 g/mol. The molecule has 2 aromatic rings. The van der Waals surface area contributed by atoms with Crippen molar-refractivity contribution in [1.82, 2.24) is 9.97 Å². The van der Waals surface area contributed by atoms with Crippen molar-refractivity contribution in [2.24, 2.45) is 11.7 Å². The van der Waals surface area contributed by atoms with Crippen molar-refractivity contribution in [1.29, 1.82) is 0 Å². The number of hydrogen-bond acceptors (Lipinski definition) is 4. The lowest BCUT2D eigenvalue weighted by atomic mass is 9.96. The summed E-state index contributed by atoms with van der Waals surface area (Å²) in [6.45, 7) is 5.82. The summed E-state index contributed by atoms with van der Waals surface area (Å²) in [4.78, 5) is 22.3. The Morgan fingerprint density at radius 1 is 1.13 bits per heavy atom. The number of rotatable bonds is 3. The zero-order chi connectivity index (χ0) is 16.4. The van der Waals surface area contributed by atoms with Crippen LogP contribution in [0.4, 0.5) is 5.82 Å². The Balaban J connectivity index is 1.80. The molecule has 1 saturated heterocycles. The Kier molecular flexibility index (Phi) is 4.28. The smallest absolute Gasteiger partial charge is 0.220 e. The second kappa shape index (κ2) is 6.36. The molecule has 2 N–H and O–H groups in total. The van der Waals surface area contributed by atoms with E-state index in [2.05, 4.69) is 46.9 Å². The molecule has 23 heavy (non-hydrogen) atoms. The second-order valence-corrected chi connectivity index (χ2v) is 6.22. The summed E-state index contributed by atoms with van der Waals surface area (Å²) >= 11 is 0. The van der Waals surface area contributed by atoms with Gasteiger partial charge < -0.3 is 10.6 Å². The van der Waals surface area contributed by atoms with Crippen molar-refractivity contribution in [3.63, 3.8) is 0 Å². The predicted molar refractivity (Wildman–Crippen MR) is 91.1 cm³/mol. The number of carbonyl (C=O) groups excluding carboxylic acids is 1. The fourth-order valence-electron chi connectivity index (χ4n) is 2.97. The molecule has 5 heteroatoms. The molecule has 1 amide bonds. The Hall–Kier alpha value is -2.43. The van der Waals surface area contributed by atoms with E-state index in [1.807, 2.05) is 6.07 Å². The van der Waals surface area contributed by atoms with E-state index < -0.39 is 0 Å². The maximum absolute atomic E-state index is 11.3. The number of benzene rings is 1.